The third-order valence-corrected chi connectivity index (χ3v) is 3.16. The summed E-state index contributed by atoms with van der Waals surface area (Å²) in [4.78, 5) is 5.44. The van der Waals surface area contributed by atoms with Gasteiger partial charge in [0.25, 0.3) is 0 Å². The Morgan fingerprint density at radius 3 is 2.37 bits per heavy atom. The van der Waals surface area contributed by atoms with Gasteiger partial charge in [0.15, 0.2) is 5.75 Å². The first kappa shape index (κ1) is 11.5. The molecule has 0 fully saturated rings. The largest absolute Gasteiger partial charge is 0.508 e. The van der Waals surface area contributed by atoms with Crippen LogP contribution in [0.1, 0.15) is 18.1 Å². The first-order chi connectivity index (χ1) is 9.15. The molecule has 3 N–H and O–H groups in total. The van der Waals surface area contributed by atoms with Gasteiger partial charge in [0, 0.05) is 17.2 Å². The molecule has 0 bridgehead atoms. The Bertz CT molecular complexity index is 660. The normalized spacial score (nSPS) is 13.5. The molecule has 0 saturated carbocycles. The smallest absolute Gasteiger partial charge is 0.166 e. The Morgan fingerprint density at radius 1 is 0.947 bits per heavy atom. The molecule has 0 radical (unpaired) electrons. The lowest BCUT2D eigenvalue weighted by Gasteiger charge is -2.23. The van der Waals surface area contributed by atoms with Crippen molar-refractivity contribution in [2.45, 2.75) is 6.92 Å². The molecule has 1 aliphatic heterocycles. The van der Waals surface area contributed by atoms with E-state index in [0.29, 0.717) is 5.75 Å². The SMILES string of the molecule is CC1=C(c2ccc(O)cc2)NOc2cc(O)ccc21. The Kier molecular flexibility index (Phi) is 2.56. The van der Waals surface area contributed by atoms with Crippen molar-refractivity contribution in [3.63, 3.8) is 0 Å². The highest BCUT2D eigenvalue weighted by atomic mass is 16.6. The summed E-state index contributed by atoms with van der Waals surface area (Å²) in [6.45, 7) is 1.98. The molecular formula is C15H13NO3. The van der Waals surface area contributed by atoms with Crippen LogP contribution in [0.5, 0.6) is 17.2 Å². The molecule has 96 valence electrons. The fourth-order valence-corrected chi connectivity index (χ4v) is 2.13. The minimum absolute atomic E-state index is 0.168. The van der Waals surface area contributed by atoms with E-state index in [-0.39, 0.29) is 11.5 Å². The standard InChI is InChI=1S/C15H13NO3/c1-9-13-7-6-12(18)8-14(13)19-16-15(9)10-2-4-11(17)5-3-10/h2-8,16-18H,1H3. The van der Waals surface area contributed by atoms with Gasteiger partial charge in [-0.05, 0) is 48.9 Å². The molecule has 0 unspecified atom stereocenters. The van der Waals surface area contributed by atoms with E-state index in [2.05, 4.69) is 5.48 Å². The lowest BCUT2D eigenvalue weighted by Crippen LogP contribution is -2.22. The Hall–Kier alpha value is -2.62. The van der Waals surface area contributed by atoms with E-state index in [1.54, 1.807) is 24.3 Å². The van der Waals surface area contributed by atoms with Crippen molar-refractivity contribution in [1.29, 1.82) is 0 Å². The molecule has 1 aliphatic rings. The first-order valence-electron chi connectivity index (χ1n) is 5.91. The number of hydroxylamine groups is 1. The van der Waals surface area contributed by atoms with Crippen LogP contribution >= 0.6 is 0 Å². The van der Waals surface area contributed by atoms with Gasteiger partial charge >= 0.3 is 0 Å². The average molecular weight is 255 g/mol. The van der Waals surface area contributed by atoms with Crippen molar-refractivity contribution in [2.24, 2.45) is 0 Å². The number of allylic oxidation sites excluding steroid dienone is 1. The second-order valence-corrected chi connectivity index (χ2v) is 4.43. The molecule has 0 amide bonds. The van der Waals surface area contributed by atoms with Gasteiger partial charge in [-0.25, -0.2) is 5.48 Å². The lowest BCUT2D eigenvalue weighted by molar-refractivity contribution is 0.247. The number of rotatable bonds is 1. The molecule has 1 heterocycles. The van der Waals surface area contributed by atoms with E-state index < -0.39 is 0 Å². The molecule has 4 nitrogen and oxygen atoms in total. The van der Waals surface area contributed by atoms with Gasteiger partial charge in [-0.2, -0.15) is 0 Å². The van der Waals surface area contributed by atoms with E-state index in [1.807, 2.05) is 25.1 Å². The maximum Gasteiger partial charge on any atom is 0.166 e. The quantitative estimate of drug-likeness (QED) is 0.733. The van der Waals surface area contributed by atoms with E-state index in [4.69, 9.17) is 4.84 Å². The fourth-order valence-electron chi connectivity index (χ4n) is 2.13. The van der Waals surface area contributed by atoms with Crippen LogP contribution in [0.15, 0.2) is 42.5 Å². The average Bonchev–Trinajstić information content (AvgIpc) is 2.40. The summed E-state index contributed by atoms with van der Waals surface area (Å²) in [5.41, 5.74) is 6.60. The maximum absolute atomic E-state index is 9.44. The summed E-state index contributed by atoms with van der Waals surface area (Å²) in [6.07, 6.45) is 0. The molecule has 4 heteroatoms. The predicted molar refractivity (Wildman–Crippen MR) is 72.5 cm³/mol. The second-order valence-electron chi connectivity index (χ2n) is 4.43. The summed E-state index contributed by atoms with van der Waals surface area (Å²) in [5, 5.41) is 18.8. The summed E-state index contributed by atoms with van der Waals surface area (Å²) in [5.74, 6) is 0.991. The van der Waals surface area contributed by atoms with Gasteiger partial charge < -0.3 is 15.1 Å². The van der Waals surface area contributed by atoms with Gasteiger partial charge in [0.2, 0.25) is 0 Å². The van der Waals surface area contributed by atoms with Gasteiger partial charge in [-0.15, -0.1) is 0 Å². The van der Waals surface area contributed by atoms with Crippen LogP contribution in [0.3, 0.4) is 0 Å². The zero-order chi connectivity index (χ0) is 13.4. The molecule has 0 aromatic heterocycles. The first-order valence-corrected chi connectivity index (χ1v) is 5.91. The molecule has 2 aromatic carbocycles. The summed E-state index contributed by atoms with van der Waals surface area (Å²) in [6, 6.07) is 11.9. The maximum atomic E-state index is 9.44. The van der Waals surface area contributed by atoms with Gasteiger partial charge in [0.05, 0.1) is 5.70 Å². The number of benzene rings is 2. The van der Waals surface area contributed by atoms with Crippen molar-refractivity contribution < 1.29 is 15.1 Å². The molecule has 0 saturated heterocycles. The molecule has 0 aliphatic carbocycles. The van der Waals surface area contributed by atoms with Crippen molar-refractivity contribution >= 4 is 11.3 Å². The Balaban J connectivity index is 2.10. The van der Waals surface area contributed by atoms with Crippen molar-refractivity contribution in [3.8, 4) is 17.2 Å². The van der Waals surface area contributed by atoms with Crippen molar-refractivity contribution in [3.05, 3.63) is 53.6 Å². The third kappa shape index (κ3) is 1.97. The number of phenols is 2. The molecule has 19 heavy (non-hydrogen) atoms. The van der Waals surface area contributed by atoms with E-state index >= 15 is 0 Å². The molecular weight excluding hydrogens is 242 g/mol. The highest BCUT2D eigenvalue weighted by Crippen LogP contribution is 2.36. The summed E-state index contributed by atoms with van der Waals surface area (Å²) < 4.78 is 0. The van der Waals surface area contributed by atoms with Gasteiger partial charge in [-0.3, -0.25) is 0 Å². The summed E-state index contributed by atoms with van der Waals surface area (Å²) >= 11 is 0. The monoisotopic (exact) mass is 255 g/mol. The number of fused-ring (bicyclic) bond motifs is 1. The second kappa shape index (κ2) is 4.24. The van der Waals surface area contributed by atoms with E-state index in [1.165, 1.54) is 0 Å². The van der Waals surface area contributed by atoms with Crippen LogP contribution in [0, 0.1) is 0 Å². The Labute approximate surface area is 110 Å². The van der Waals surface area contributed by atoms with E-state index in [9.17, 15) is 10.2 Å². The predicted octanol–water partition coefficient (Wildman–Crippen LogP) is 2.88. The minimum atomic E-state index is 0.168. The molecule has 3 rings (SSSR count). The highest BCUT2D eigenvalue weighted by Gasteiger charge is 2.18. The van der Waals surface area contributed by atoms with Crippen LogP contribution in [-0.4, -0.2) is 10.2 Å². The number of phenolic OH excluding ortho intramolecular Hbond substituents is 2. The van der Waals surface area contributed by atoms with Crippen LogP contribution in [0.25, 0.3) is 11.3 Å². The highest BCUT2D eigenvalue weighted by molar-refractivity contribution is 5.91. The number of nitrogens with one attached hydrogen (secondary N) is 1. The van der Waals surface area contributed by atoms with Crippen molar-refractivity contribution in [2.75, 3.05) is 0 Å². The lowest BCUT2D eigenvalue weighted by atomic mass is 9.99. The minimum Gasteiger partial charge on any atom is -0.508 e. The number of aromatic hydroxyl groups is 2. The summed E-state index contributed by atoms with van der Waals surface area (Å²) in [7, 11) is 0. The van der Waals surface area contributed by atoms with Gasteiger partial charge in [-0.1, -0.05) is 0 Å². The van der Waals surface area contributed by atoms with Crippen LogP contribution in [-0.2, 0) is 0 Å². The fraction of sp³-hybridized carbons (Fsp3) is 0.0667. The third-order valence-electron chi connectivity index (χ3n) is 3.16. The van der Waals surface area contributed by atoms with Crippen LogP contribution < -0.4 is 10.3 Å². The number of hydrogen-bond acceptors (Lipinski definition) is 4. The van der Waals surface area contributed by atoms with Crippen LogP contribution in [0.4, 0.5) is 0 Å². The molecule has 0 atom stereocenters. The molecule has 0 spiro atoms. The zero-order valence-corrected chi connectivity index (χ0v) is 10.3. The van der Waals surface area contributed by atoms with E-state index in [0.717, 1.165) is 22.4 Å². The number of hydrogen-bond donors (Lipinski definition) is 3. The Morgan fingerprint density at radius 2 is 1.63 bits per heavy atom. The van der Waals surface area contributed by atoms with Crippen LogP contribution in [0.2, 0.25) is 0 Å². The topological polar surface area (TPSA) is 61.7 Å². The van der Waals surface area contributed by atoms with Gasteiger partial charge in [0.1, 0.15) is 11.5 Å². The van der Waals surface area contributed by atoms with Crippen molar-refractivity contribution in [1.82, 2.24) is 5.48 Å². The zero-order valence-electron chi connectivity index (χ0n) is 10.3. The molecule has 2 aromatic rings.